The smallest absolute Gasteiger partial charge is 0.337 e. The van der Waals surface area contributed by atoms with Crippen molar-refractivity contribution in [3.05, 3.63) is 56.9 Å². The van der Waals surface area contributed by atoms with Crippen molar-refractivity contribution in [2.24, 2.45) is 0 Å². The van der Waals surface area contributed by atoms with Crippen molar-refractivity contribution in [3.8, 4) is 6.07 Å². The van der Waals surface area contributed by atoms with Gasteiger partial charge in [0.2, 0.25) is 0 Å². The molecule has 1 aliphatic carbocycles. The second-order valence-corrected chi connectivity index (χ2v) is 8.42. The Morgan fingerprint density at radius 2 is 1.88 bits per heavy atom. The second kappa shape index (κ2) is 10.2. The van der Waals surface area contributed by atoms with E-state index in [9.17, 15) is 20.0 Å². The van der Waals surface area contributed by atoms with Crippen LogP contribution in [0.25, 0.3) is 0 Å². The van der Waals surface area contributed by atoms with Gasteiger partial charge in [-0.05, 0) is 51.2 Å². The molecule has 1 aromatic carbocycles. The Labute approximate surface area is 192 Å². The van der Waals surface area contributed by atoms with Crippen LogP contribution in [-0.2, 0) is 19.1 Å². The molecule has 1 unspecified atom stereocenters. The molecule has 32 heavy (non-hydrogen) atoms. The maximum Gasteiger partial charge on any atom is 0.337 e. The Morgan fingerprint density at radius 3 is 2.47 bits per heavy atom. The van der Waals surface area contributed by atoms with E-state index < -0.39 is 17.9 Å². The molecule has 0 saturated heterocycles. The number of nitriles is 1. The Balaban J connectivity index is 2.22. The van der Waals surface area contributed by atoms with Crippen LogP contribution < -0.4 is 0 Å². The van der Waals surface area contributed by atoms with Gasteiger partial charge in [-0.3, -0.25) is 0 Å². The number of aliphatic carboxylic acids is 1. The molecule has 3 rings (SSSR count). The molecule has 1 aromatic rings. The van der Waals surface area contributed by atoms with Crippen LogP contribution in [0.5, 0.6) is 0 Å². The van der Waals surface area contributed by atoms with Crippen LogP contribution in [0.4, 0.5) is 0 Å². The van der Waals surface area contributed by atoms with Crippen molar-refractivity contribution in [2.75, 3.05) is 20.3 Å². The van der Waals surface area contributed by atoms with Gasteiger partial charge >= 0.3 is 11.9 Å². The molecule has 1 heterocycles. The molecule has 7 nitrogen and oxygen atoms in total. The van der Waals surface area contributed by atoms with E-state index in [0.29, 0.717) is 30.1 Å². The highest BCUT2D eigenvalue weighted by molar-refractivity contribution is 6.31. The van der Waals surface area contributed by atoms with E-state index in [2.05, 4.69) is 6.07 Å². The van der Waals surface area contributed by atoms with E-state index in [1.54, 1.807) is 44.1 Å². The number of carboxylic acids is 1. The first-order valence-corrected chi connectivity index (χ1v) is 11.0. The summed E-state index contributed by atoms with van der Waals surface area (Å²) in [5.41, 5.74) is 1.83. The lowest BCUT2D eigenvalue weighted by molar-refractivity contribution is -0.144. The van der Waals surface area contributed by atoms with Crippen molar-refractivity contribution >= 4 is 23.5 Å². The standard InChI is InChI=1S/C24H27ClN2O5/c1-14-20(23(28)29)22(17-9-6-10-19(25)18(17)13-26)21(15(2)27(14)11-12-31-3)24(30)32-16-7-4-5-8-16/h6,9-10,16,22H,4-5,7-8,11-12H2,1-3H3,(H,28,29). The van der Waals surface area contributed by atoms with Gasteiger partial charge in [0, 0.05) is 25.0 Å². The maximum absolute atomic E-state index is 13.5. The summed E-state index contributed by atoms with van der Waals surface area (Å²) >= 11 is 6.27. The van der Waals surface area contributed by atoms with Crippen LogP contribution in [0.2, 0.25) is 5.02 Å². The minimum absolute atomic E-state index is 0.0174. The Morgan fingerprint density at radius 1 is 1.22 bits per heavy atom. The molecule has 1 aliphatic heterocycles. The van der Waals surface area contributed by atoms with Gasteiger partial charge in [-0.1, -0.05) is 23.7 Å². The molecule has 0 bridgehead atoms. The van der Waals surface area contributed by atoms with Crippen molar-refractivity contribution in [2.45, 2.75) is 51.6 Å². The third kappa shape index (κ3) is 4.52. The summed E-state index contributed by atoms with van der Waals surface area (Å²) in [6.45, 7) is 4.19. The first-order valence-electron chi connectivity index (χ1n) is 10.6. The lowest BCUT2D eigenvalue weighted by Gasteiger charge is -2.38. The first kappa shape index (κ1) is 23.8. The number of methoxy groups -OCH3 is 1. The average molecular weight is 459 g/mol. The minimum atomic E-state index is -1.17. The molecule has 170 valence electrons. The molecule has 1 N–H and O–H groups in total. The molecular formula is C24H27ClN2O5. The van der Waals surface area contributed by atoms with Crippen molar-refractivity contribution in [1.29, 1.82) is 5.26 Å². The lowest BCUT2D eigenvalue weighted by atomic mass is 9.78. The largest absolute Gasteiger partial charge is 0.478 e. The van der Waals surface area contributed by atoms with Gasteiger partial charge in [-0.15, -0.1) is 0 Å². The monoisotopic (exact) mass is 458 g/mol. The molecule has 0 spiro atoms. The zero-order chi connectivity index (χ0) is 23.4. The van der Waals surface area contributed by atoms with Crippen LogP contribution in [0.3, 0.4) is 0 Å². The summed E-state index contributed by atoms with van der Waals surface area (Å²) in [7, 11) is 1.56. The van der Waals surface area contributed by atoms with Gasteiger partial charge in [0.15, 0.2) is 0 Å². The van der Waals surface area contributed by atoms with E-state index in [1.165, 1.54) is 0 Å². The highest BCUT2D eigenvalue weighted by Gasteiger charge is 2.41. The highest BCUT2D eigenvalue weighted by Crippen LogP contribution is 2.44. The van der Waals surface area contributed by atoms with E-state index >= 15 is 0 Å². The number of benzene rings is 1. The van der Waals surface area contributed by atoms with Gasteiger partial charge in [0.1, 0.15) is 12.2 Å². The molecule has 1 saturated carbocycles. The number of nitrogens with zero attached hydrogens (tertiary/aromatic N) is 2. The molecule has 1 fully saturated rings. The number of halogens is 1. The number of allylic oxidation sites excluding steroid dienone is 2. The van der Waals surface area contributed by atoms with Crippen LogP contribution >= 0.6 is 11.6 Å². The van der Waals surface area contributed by atoms with Crippen LogP contribution in [0.15, 0.2) is 40.7 Å². The summed E-state index contributed by atoms with van der Waals surface area (Å²) in [5.74, 6) is -2.71. The zero-order valence-corrected chi connectivity index (χ0v) is 19.2. The summed E-state index contributed by atoms with van der Waals surface area (Å²) in [6.07, 6.45) is 3.37. The molecule has 0 amide bonds. The second-order valence-electron chi connectivity index (χ2n) is 8.01. The molecule has 0 radical (unpaired) electrons. The molecule has 1 atom stereocenters. The predicted molar refractivity (Wildman–Crippen MR) is 119 cm³/mol. The molecule has 0 aromatic heterocycles. The lowest BCUT2D eigenvalue weighted by Crippen LogP contribution is -2.37. The van der Waals surface area contributed by atoms with Gasteiger partial charge in [0.25, 0.3) is 0 Å². The third-order valence-electron chi connectivity index (χ3n) is 6.18. The SMILES string of the molecule is COCCN1C(C)=C(C(=O)O)C(c2cccc(Cl)c2C#N)C(C(=O)OC2CCCC2)=C1C. The quantitative estimate of drug-likeness (QED) is 0.605. The Bertz CT molecular complexity index is 1020. The number of carboxylic acid groups (broad SMARTS) is 1. The summed E-state index contributed by atoms with van der Waals surface area (Å²) in [5, 5.41) is 20.1. The fraction of sp³-hybridized carbons (Fsp3) is 0.458. The van der Waals surface area contributed by atoms with Gasteiger partial charge in [-0.2, -0.15) is 5.26 Å². The topological polar surface area (TPSA) is 99.9 Å². The van der Waals surface area contributed by atoms with Crippen molar-refractivity contribution in [3.63, 3.8) is 0 Å². The zero-order valence-electron chi connectivity index (χ0n) is 18.5. The van der Waals surface area contributed by atoms with Gasteiger partial charge in [0.05, 0.1) is 34.3 Å². The number of hydrogen-bond donors (Lipinski definition) is 1. The number of rotatable bonds is 7. The Hall–Kier alpha value is -2.82. The van der Waals surface area contributed by atoms with E-state index in [0.717, 1.165) is 25.7 Å². The van der Waals surface area contributed by atoms with E-state index in [1.807, 2.05) is 0 Å². The van der Waals surface area contributed by atoms with E-state index in [4.69, 9.17) is 21.1 Å². The molecule has 8 heteroatoms. The third-order valence-corrected chi connectivity index (χ3v) is 6.50. The van der Waals surface area contributed by atoms with Crippen molar-refractivity contribution < 1.29 is 24.2 Å². The van der Waals surface area contributed by atoms with E-state index in [-0.39, 0.29) is 27.8 Å². The van der Waals surface area contributed by atoms with Crippen LogP contribution in [-0.4, -0.2) is 48.3 Å². The first-order chi connectivity index (χ1) is 15.3. The van der Waals surface area contributed by atoms with Gasteiger partial charge < -0.3 is 19.5 Å². The number of esters is 1. The maximum atomic E-state index is 13.5. The molecular weight excluding hydrogens is 432 g/mol. The summed E-state index contributed by atoms with van der Waals surface area (Å²) < 4.78 is 11.0. The number of ether oxygens (including phenoxy) is 2. The summed E-state index contributed by atoms with van der Waals surface area (Å²) in [4.78, 5) is 27.7. The van der Waals surface area contributed by atoms with Crippen molar-refractivity contribution in [1.82, 2.24) is 4.90 Å². The molecule has 2 aliphatic rings. The predicted octanol–water partition coefficient (Wildman–Crippen LogP) is 4.38. The fourth-order valence-corrected chi connectivity index (χ4v) is 4.82. The Kier molecular flexibility index (Phi) is 7.60. The average Bonchev–Trinajstić information content (AvgIpc) is 3.25. The van der Waals surface area contributed by atoms with Crippen LogP contribution in [0, 0.1) is 11.3 Å². The van der Waals surface area contributed by atoms with Crippen LogP contribution in [0.1, 0.15) is 56.6 Å². The fourth-order valence-electron chi connectivity index (χ4n) is 4.60. The minimum Gasteiger partial charge on any atom is -0.478 e. The highest BCUT2D eigenvalue weighted by atomic mass is 35.5. The normalized spacial score (nSPS) is 19.3. The number of carbonyl (C=O) groups excluding carboxylic acids is 1. The number of hydrogen-bond acceptors (Lipinski definition) is 6. The van der Waals surface area contributed by atoms with Gasteiger partial charge in [-0.25, -0.2) is 9.59 Å². The summed E-state index contributed by atoms with van der Waals surface area (Å²) in [6, 6.07) is 6.94. The number of carbonyl (C=O) groups is 2.